The molecule has 22 heavy (non-hydrogen) atoms. The molecule has 0 aromatic heterocycles. The van der Waals surface area contributed by atoms with Crippen molar-refractivity contribution in [2.45, 2.75) is 13.8 Å². The Labute approximate surface area is 130 Å². The van der Waals surface area contributed by atoms with Gasteiger partial charge < -0.3 is 9.80 Å². The topological polar surface area (TPSA) is 23.6 Å². The molecule has 2 aliphatic heterocycles. The van der Waals surface area contributed by atoms with E-state index in [0.717, 1.165) is 40.3 Å². The third kappa shape index (κ3) is 1.72. The molecule has 3 heteroatoms. The summed E-state index contributed by atoms with van der Waals surface area (Å²) in [6, 6.07) is 12.3. The van der Waals surface area contributed by atoms with Crippen LogP contribution >= 0.6 is 0 Å². The molecule has 0 fully saturated rings. The molecule has 110 valence electrons. The highest BCUT2D eigenvalue weighted by atomic mass is 16.2. The van der Waals surface area contributed by atoms with E-state index in [9.17, 15) is 4.79 Å². The van der Waals surface area contributed by atoms with Gasteiger partial charge in [-0.1, -0.05) is 29.8 Å². The Morgan fingerprint density at radius 2 is 1.41 bits per heavy atom. The van der Waals surface area contributed by atoms with Crippen molar-refractivity contribution < 1.29 is 4.79 Å². The van der Waals surface area contributed by atoms with E-state index in [4.69, 9.17) is 0 Å². The van der Waals surface area contributed by atoms with Gasteiger partial charge in [0.2, 0.25) is 0 Å². The summed E-state index contributed by atoms with van der Waals surface area (Å²) < 4.78 is 0. The number of anilines is 2. The number of nitrogens with zero attached hydrogens (tertiary/aromatic N) is 2. The molecular weight excluding hydrogens is 272 g/mol. The normalized spacial score (nSPS) is 16.3. The summed E-state index contributed by atoms with van der Waals surface area (Å²) in [4.78, 5) is 17.1. The van der Waals surface area contributed by atoms with E-state index in [1.807, 2.05) is 30.0 Å². The van der Waals surface area contributed by atoms with Gasteiger partial charge >= 0.3 is 0 Å². The molecule has 1 amide bonds. The van der Waals surface area contributed by atoms with Crippen LogP contribution in [0.5, 0.6) is 0 Å². The molecule has 2 aliphatic rings. The van der Waals surface area contributed by atoms with Crippen molar-refractivity contribution in [1.82, 2.24) is 0 Å². The molecule has 0 aliphatic carbocycles. The van der Waals surface area contributed by atoms with E-state index in [2.05, 4.69) is 36.6 Å². The lowest BCUT2D eigenvalue weighted by molar-refractivity contribution is 0.0990. The highest BCUT2D eigenvalue weighted by Crippen LogP contribution is 2.40. The predicted molar refractivity (Wildman–Crippen MR) is 90.4 cm³/mol. The minimum atomic E-state index is 0.0822. The maximum atomic E-state index is 13.0. The zero-order chi connectivity index (χ0) is 15.4. The number of aryl methyl sites for hydroxylation is 2. The lowest BCUT2D eigenvalue weighted by atomic mass is 10.0. The average Bonchev–Trinajstić information content (AvgIpc) is 2.73. The van der Waals surface area contributed by atoms with Crippen molar-refractivity contribution in [1.29, 1.82) is 0 Å². The highest BCUT2D eigenvalue weighted by Gasteiger charge is 2.34. The lowest BCUT2D eigenvalue weighted by Gasteiger charge is -2.28. The molecule has 0 saturated carbocycles. The Hall–Kier alpha value is -2.55. The highest BCUT2D eigenvalue weighted by molar-refractivity contribution is 6.14. The minimum Gasteiger partial charge on any atom is -0.339 e. The van der Waals surface area contributed by atoms with Gasteiger partial charge in [-0.05, 0) is 38.1 Å². The van der Waals surface area contributed by atoms with Crippen LogP contribution in [0, 0.1) is 13.8 Å². The van der Waals surface area contributed by atoms with Crippen molar-refractivity contribution in [2.24, 2.45) is 0 Å². The van der Waals surface area contributed by atoms with E-state index in [1.54, 1.807) is 0 Å². The number of rotatable bonds is 0. The fourth-order valence-corrected chi connectivity index (χ4v) is 3.40. The minimum absolute atomic E-state index is 0.0822. The molecule has 0 radical (unpaired) electrons. The molecule has 0 unspecified atom stereocenters. The molecule has 2 bridgehead atoms. The van der Waals surface area contributed by atoms with Crippen molar-refractivity contribution in [3.63, 3.8) is 0 Å². The van der Waals surface area contributed by atoms with Crippen molar-refractivity contribution in [3.05, 3.63) is 65.2 Å². The summed E-state index contributed by atoms with van der Waals surface area (Å²) in [5.41, 5.74) is 7.01. The summed E-state index contributed by atoms with van der Waals surface area (Å²) >= 11 is 0. The Morgan fingerprint density at radius 3 is 2.09 bits per heavy atom. The third-order valence-electron chi connectivity index (χ3n) is 4.55. The van der Waals surface area contributed by atoms with Crippen molar-refractivity contribution in [3.8, 4) is 0 Å². The molecule has 3 nitrogen and oxygen atoms in total. The Balaban J connectivity index is 2.02. The van der Waals surface area contributed by atoms with Crippen molar-refractivity contribution in [2.75, 3.05) is 22.9 Å². The Bertz CT molecular complexity index is 753. The van der Waals surface area contributed by atoms with Gasteiger partial charge in [-0.15, -0.1) is 0 Å². The standard InChI is InChI=1S/C19H18N2O/c1-12-4-6-17-15(10-12)14(3)20-8-9-21(17)19(22)16-11-13(2)5-7-18(16)20/h4-7,10-11H,3,8-9H2,1-2H3. The van der Waals surface area contributed by atoms with Crippen LogP contribution in [0.25, 0.3) is 5.70 Å². The number of amides is 1. The molecule has 0 saturated heterocycles. The fraction of sp³-hybridized carbons (Fsp3) is 0.211. The first-order valence-corrected chi connectivity index (χ1v) is 7.56. The number of fused-ring (bicyclic) bond motifs is 7. The summed E-state index contributed by atoms with van der Waals surface area (Å²) in [5.74, 6) is 0.0822. The second-order valence-electron chi connectivity index (χ2n) is 6.10. The van der Waals surface area contributed by atoms with Gasteiger partial charge in [0.1, 0.15) is 0 Å². The number of carbonyl (C=O) groups excluding carboxylic acids is 1. The number of benzene rings is 2. The SMILES string of the molecule is C=C1c2cc(C)ccc2N2CCN1c1ccc(C)cc1C2=O. The van der Waals surface area contributed by atoms with E-state index < -0.39 is 0 Å². The van der Waals surface area contributed by atoms with Crippen LogP contribution in [0.4, 0.5) is 11.4 Å². The van der Waals surface area contributed by atoms with Gasteiger partial charge in [0.25, 0.3) is 5.91 Å². The fourth-order valence-electron chi connectivity index (χ4n) is 3.40. The van der Waals surface area contributed by atoms with Gasteiger partial charge in [0.15, 0.2) is 0 Å². The molecule has 2 aromatic carbocycles. The number of hydrogen-bond donors (Lipinski definition) is 0. The molecule has 2 aromatic rings. The van der Waals surface area contributed by atoms with Crippen LogP contribution in [-0.4, -0.2) is 19.0 Å². The molecule has 0 N–H and O–H groups in total. The Kier molecular flexibility index (Phi) is 2.67. The van der Waals surface area contributed by atoms with Crippen LogP contribution < -0.4 is 9.80 Å². The van der Waals surface area contributed by atoms with Crippen LogP contribution in [0.1, 0.15) is 27.0 Å². The lowest BCUT2D eigenvalue weighted by Crippen LogP contribution is -2.32. The molecule has 2 heterocycles. The predicted octanol–water partition coefficient (Wildman–Crippen LogP) is 3.75. The van der Waals surface area contributed by atoms with E-state index in [-0.39, 0.29) is 5.91 Å². The van der Waals surface area contributed by atoms with Crippen LogP contribution in [0.3, 0.4) is 0 Å². The third-order valence-corrected chi connectivity index (χ3v) is 4.55. The summed E-state index contributed by atoms with van der Waals surface area (Å²) in [7, 11) is 0. The number of hydrogen-bond acceptors (Lipinski definition) is 2. The van der Waals surface area contributed by atoms with Gasteiger partial charge in [0, 0.05) is 24.4 Å². The van der Waals surface area contributed by atoms with Gasteiger partial charge in [0.05, 0.1) is 16.9 Å². The molecule has 4 rings (SSSR count). The molecule has 0 atom stereocenters. The van der Waals surface area contributed by atoms with E-state index >= 15 is 0 Å². The van der Waals surface area contributed by atoms with E-state index in [1.165, 1.54) is 5.56 Å². The first-order valence-electron chi connectivity index (χ1n) is 7.56. The maximum Gasteiger partial charge on any atom is 0.260 e. The molecular formula is C19H18N2O. The van der Waals surface area contributed by atoms with Gasteiger partial charge in [-0.25, -0.2) is 0 Å². The quantitative estimate of drug-likeness (QED) is 0.737. The van der Waals surface area contributed by atoms with Crippen LogP contribution in [0.15, 0.2) is 43.0 Å². The van der Waals surface area contributed by atoms with Crippen LogP contribution in [0.2, 0.25) is 0 Å². The zero-order valence-electron chi connectivity index (χ0n) is 12.9. The molecule has 0 spiro atoms. The van der Waals surface area contributed by atoms with Gasteiger partial charge in [-0.3, -0.25) is 4.79 Å². The van der Waals surface area contributed by atoms with E-state index in [0.29, 0.717) is 6.54 Å². The summed E-state index contributed by atoms with van der Waals surface area (Å²) in [6.07, 6.45) is 0. The van der Waals surface area contributed by atoms with Crippen LogP contribution in [-0.2, 0) is 0 Å². The van der Waals surface area contributed by atoms with Gasteiger partial charge in [-0.2, -0.15) is 0 Å². The zero-order valence-corrected chi connectivity index (χ0v) is 12.9. The summed E-state index contributed by atoms with van der Waals surface area (Å²) in [6.45, 7) is 9.85. The second kappa shape index (κ2) is 4.47. The maximum absolute atomic E-state index is 13.0. The largest absolute Gasteiger partial charge is 0.339 e. The Morgan fingerprint density at radius 1 is 0.864 bits per heavy atom. The first kappa shape index (κ1) is 13.1. The average molecular weight is 290 g/mol. The first-order chi connectivity index (χ1) is 10.6. The smallest absolute Gasteiger partial charge is 0.260 e. The summed E-state index contributed by atoms with van der Waals surface area (Å²) in [5, 5.41) is 0. The van der Waals surface area contributed by atoms with Crippen molar-refractivity contribution >= 4 is 23.0 Å². The number of carbonyl (C=O) groups is 1. The monoisotopic (exact) mass is 290 g/mol. The second-order valence-corrected chi connectivity index (χ2v) is 6.10.